The molecular formula is C11H23N3O2S. The van der Waals surface area contributed by atoms with Crippen LogP contribution >= 0.6 is 12.2 Å². The van der Waals surface area contributed by atoms with Crippen molar-refractivity contribution in [1.29, 1.82) is 0 Å². The maximum absolute atomic E-state index is 11.9. The van der Waals surface area contributed by atoms with Crippen LogP contribution in [-0.2, 0) is 9.53 Å². The molecule has 0 rings (SSSR count). The summed E-state index contributed by atoms with van der Waals surface area (Å²) in [4.78, 5) is 11.9. The molecule has 0 aliphatic heterocycles. The number of carbonyl (C=O) groups excluding carboxylic acids is 1. The van der Waals surface area contributed by atoms with E-state index in [1.807, 2.05) is 20.8 Å². The maximum atomic E-state index is 11.9. The molecule has 0 aromatic heterocycles. The zero-order valence-electron chi connectivity index (χ0n) is 11.0. The van der Waals surface area contributed by atoms with Gasteiger partial charge in [-0.1, -0.05) is 19.8 Å². The standard InChI is InChI=1S/C11H23N3O2S/c1-5-6-7-8(13-14-10(12)17)9(15)16-11(2,3)4/h8,13H,5-7H2,1-4H3,(H3,12,14,17)/t8-/m0/s1. The molecule has 0 aromatic carbocycles. The quantitative estimate of drug-likeness (QED) is 0.379. The fraction of sp³-hybridized carbons (Fsp3) is 0.818. The van der Waals surface area contributed by atoms with E-state index in [4.69, 9.17) is 10.5 Å². The number of thiocarbonyl (C=S) groups is 1. The molecule has 0 fully saturated rings. The van der Waals surface area contributed by atoms with Gasteiger partial charge in [-0.05, 0) is 39.4 Å². The van der Waals surface area contributed by atoms with Crippen molar-refractivity contribution in [3.63, 3.8) is 0 Å². The van der Waals surface area contributed by atoms with Gasteiger partial charge in [0.2, 0.25) is 0 Å². The summed E-state index contributed by atoms with van der Waals surface area (Å²) < 4.78 is 5.30. The van der Waals surface area contributed by atoms with E-state index >= 15 is 0 Å². The molecule has 0 aliphatic carbocycles. The van der Waals surface area contributed by atoms with Crippen LogP contribution < -0.4 is 16.6 Å². The van der Waals surface area contributed by atoms with Crippen molar-refractivity contribution in [2.24, 2.45) is 5.73 Å². The van der Waals surface area contributed by atoms with E-state index < -0.39 is 11.6 Å². The molecule has 0 amide bonds. The highest BCUT2D eigenvalue weighted by molar-refractivity contribution is 7.80. The molecule has 0 radical (unpaired) electrons. The van der Waals surface area contributed by atoms with Gasteiger partial charge < -0.3 is 10.5 Å². The largest absolute Gasteiger partial charge is 0.459 e. The molecule has 0 unspecified atom stereocenters. The first-order valence-electron chi connectivity index (χ1n) is 5.80. The minimum absolute atomic E-state index is 0.107. The van der Waals surface area contributed by atoms with Crippen molar-refractivity contribution in [1.82, 2.24) is 10.9 Å². The average molecular weight is 261 g/mol. The van der Waals surface area contributed by atoms with Crippen molar-refractivity contribution in [3.05, 3.63) is 0 Å². The predicted molar refractivity (Wildman–Crippen MR) is 72.2 cm³/mol. The third-order valence-electron chi connectivity index (χ3n) is 1.91. The Morgan fingerprint density at radius 2 is 2.06 bits per heavy atom. The van der Waals surface area contributed by atoms with Crippen LogP contribution in [0.25, 0.3) is 0 Å². The molecule has 4 N–H and O–H groups in total. The van der Waals surface area contributed by atoms with Gasteiger partial charge >= 0.3 is 5.97 Å². The lowest BCUT2D eigenvalue weighted by Gasteiger charge is -2.24. The molecule has 5 nitrogen and oxygen atoms in total. The van der Waals surface area contributed by atoms with E-state index in [0.717, 1.165) is 12.8 Å². The summed E-state index contributed by atoms with van der Waals surface area (Å²) in [6.45, 7) is 7.57. The molecule has 0 bridgehead atoms. The Hall–Kier alpha value is -0.880. The highest BCUT2D eigenvalue weighted by Gasteiger charge is 2.24. The summed E-state index contributed by atoms with van der Waals surface area (Å²) in [5, 5.41) is 0.107. The van der Waals surface area contributed by atoms with Gasteiger partial charge in [0.15, 0.2) is 5.11 Å². The number of nitrogens with one attached hydrogen (secondary N) is 2. The van der Waals surface area contributed by atoms with E-state index in [2.05, 4.69) is 30.0 Å². The summed E-state index contributed by atoms with van der Waals surface area (Å²) >= 11 is 4.67. The Balaban J connectivity index is 4.33. The van der Waals surface area contributed by atoms with Crippen LogP contribution in [-0.4, -0.2) is 22.7 Å². The van der Waals surface area contributed by atoms with E-state index in [0.29, 0.717) is 6.42 Å². The van der Waals surface area contributed by atoms with Crippen LogP contribution in [0.4, 0.5) is 0 Å². The number of hydrazine groups is 1. The van der Waals surface area contributed by atoms with Gasteiger partial charge in [0.1, 0.15) is 11.6 Å². The number of carbonyl (C=O) groups is 1. The molecule has 0 aromatic rings. The van der Waals surface area contributed by atoms with Crippen LogP contribution in [0.15, 0.2) is 0 Å². The van der Waals surface area contributed by atoms with Gasteiger partial charge in [0, 0.05) is 0 Å². The van der Waals surface area contributed by atoms with Gasteiger partial charge in [0.25, 0.3) is 0 Å². The van der Waals surface area contributed by atoms with Gasteiger partial charge in [-0.15, -0.1) is 0 Å². The fourth-order valence-electron chi connectivity index (χ4n) is 1.19. The number of hydrogen-bond acceptors (Lipinski definition) is 4. The minimum Gasteiger partial charge on any atom is -0.459 e. The topological polar surface area (TPSA) is 76.4 Å². The number of nitrogens with two attached hydrogens (primary N) is 1. The fourth-order valence-corrected chi connectivity index (χ4v) is 1.25. The van der Waals surface area contributed by atoms with E-state index in [9.17, 15) is 4.79 Å². The molecular weight excluding hydrogens is 238 g/mol. The smallest absolute Gasteiger partial charge is 0.325 e. The zero-order valence-corrected chi connectivity index (χ0v) is 11.8. The first-order valence-corrected chi connectivity index (χ1v) is 6.21. The lowest BCUT2D eigenvalue weighted by atomic mass is 10.1. The van der Waals surface area contributed by atoms with E-state index in [-0.39, 0.29) is 11.1 Å². The monoisotopic (exact) mass is 261 g/mol. The third kappa shape index (κ3) is 8.88. The summed E-state index contributed by atoms with van der Waals surface area (Å²) in [7, 11) is 0. The molecule has 0 saturated carbocycles. The van der Waals surface area contributed by atoms with Crippen LogP contribution in [0, 0.1) is 0 Å². The summed E-state index contributed by atoms with van der Waals surface area (Å²) in [6, 6.07) is -0.435. The predicted octanol–water partition coefficient (Wildman–Crippen LogP) is 1.22. The zero-order chi connectivity index (χ0) is 13.5. The number of rotatable bonds is 6. The molecule has 0 spiro atoms. The molecule has 0 aliphatic rings. The Kier molecular flexibility index (Phi) is 7.06. The first kappa shape index (κ1) is 16.1. The number of hydrogen-bond donors (Lipinski definition) is 3. The molecule has 0 saturated heterocycles. The second kappa shape index (κ2) is 7.45. The Labute approximate surface area is 108 Å². The highest BCUT2D eigenvalue weighted by atomic mass is 32.1. The molecule has 1 atom stereocenters. The molecule has 6 heteroatoms. The number of unbranched alkanes of at least 4 members (excludes halogenated alkanes) is 1. The molecule has 100 valence electrons. The van der Waals surface area contributed by atoms with Crippen LogP contribution in [0.3, 0.4) is 0 Å². The summed E-state index contributed by atoms with van der Waals surface area (Å²) in [5.74, 6) is -0.297. The Bertz CT molecular complexity index is 264. The minimum atomic E-state index is -0.494. The Morgan fingerprint density at radius 3 is 2.47 bits per heavy atom. The first-order chi connectivity index (χ1) is 7.76. The van der Waals surface area contributed by atoms with Gasteiger partial charge in [-0.3, -0.25) is 10.2 Å². The van der Waals surface area contributed by atoms with Crippen molar-refractivity contribution in [3.8, 4) is 0 Å². The van der Waals surface area contributed by atoms with Crippen molar-refractivity contribution < 1.29 is 9.53 Å². The lowest BCUT2D eigenvalue weighted by Crippen LogP contribution is -2.51. The number of ether oxygens (including phenoxy) is 1. The van der Waals surface area contributed by atoms with Crippen LogP contribution in [0.2, 0.25) is 0 Å². The van der Waals surface area contributed by atoms with Crippen LogP contribution in [0.1, 0.15) is 47.0 Å². The van der Waals surface area contributed by atoms with Gasteiger partial charge in [0.05, 0.1) is 0 Å². The SMILES string of the molecule is CCCC[C@H](NNC(N)=S)C(=O)OC(C)(C)C. The third-order valence-corrected chi connectivity index (χ3v) is 2.01. The van der Waals surface area contributed by atoms with E-state index in [1.165, 1.54) is 0 Å². The summed E-state index contributed by atoms with van der Waals surface area (Å²) in [6.07, 6.45) is 2.62. The normalized spacial score (nSPS) is 12.9. The van der Waals surface area contributed by atoms with Gasteiger partial charge in [-0.25, -0.2) is 5.43 Å². The molecule has 0 heterocycles. The van der Waals surface area contributed by atoms with Crippen molar-refractivity contribution in [2.75, 3.05) is 0 Å². The van der Waals surface area contributed by atoms with Gasteiger partial charge in [-0.2, -0.15) is 0 Å². The highest BCUT2D eigenvalue weighted by Crippen LogP contribution is 2.11. The Morgan fingerprint density at radius 1 is 1.47 bits per heavy atom. The average Bonchev–Trinajstić information content (AvgIpc) is 2.14. The van der Waals surface area contributed by atoms with E-state index in [1.54, 1.807) is 0 Å². The second-order valence-corrected chi connectivity index (χ2v) is 5.30. The van der Waals surface area contributed by atoms with Crippen molar-refractivity contribution in [2.45, 2.75) is 58.6 Å². The summed E-state index contributed by atoms with van der Waals surface area (Å²) in [5.41, 5.74) is 10.2. The maximum Gasteiger partial charge on any atom is 0.325 e. The van der Waals surface area contributed by atoms with Crippen molar-refractivity contribution >= 4 is 23.3 Å². The molecule has 17 heavy (non-hydrogen) atoms. The van der Waals surface area contributed by atoms with Crippen LogP contribution in [0.5, 0.6) is 0 Å². The second-order valence-electron chi connectivity index (χ2n) is 4.86. The lowest BCUT2D eigenvalue weighted by molar-refractivity contribution is -0.157. The number of esters is 1.